The molecule has 0 bridgehead atoms. The predicted molar refractivity (Wildman–Crippen MR) is 89.3 cm³/mol. The number of nitrogens with zero attached hydrogens (tertiary/aromatic N) is 1. The zero-order chi connectivity index (χ0) is 15.2. The van der Waals surface area contributed by atoms with Crippen LogP contribution in [-0.4, -0.2) is 31.4 Å². The third-order valence-electron chi connectivity index (χ3n) is 3.17. The van der Waals surface area contributed by atoms with Gasteiger partial charge in [0, 0.05) is 11.0 Å². The summed E-state index contributed by atoms with van der Waals surface area (Å²) < 4.78 is 0.805. The molecule has 1 atom stereocenters. The Kier molecular flexibility index (Phi) is 5.53. The van der Waals surface area contributed by atoms with E-state index in [4.69, 9.17) is 0 Å². The highest BCUT2D eigenvalue weighted by Crippen LogP contribution is 2.18. The number of nitrogens with one attached hydrogen (secondary N) is 1. The SMILES string of the molecule is CN(C)CC(NC(=O)c1ccccc1Br)c1ccccc1. The molecule has 0 saturated carbocycles. The van der Waals surface area contributed by atoms with Crippen LogP contribution in [-0.2, 0) is 0 Å². The molecule has 21 heavy (non-hydrogen) atoms. The molecule has 0 aliphatic rings. The second-order valence-corrected chi connectivity index (χ2v) is 6.03. The quantitative estimate of drug-likeness (QED) is 0.898. The number of halogens is 1. The minimum absolute atomic E-state index is 0.0409. The lowest BCUT2D eigenvalue weighted by Gasteiger charge is -2.23. The van der Waals surface area contributed by atoms with E-state index in [1.807, 2.05) is 68.7 Å². The number of benzene rings is 2. The summed E-state index contributed by atoms with van der Waals surface area (Å²) in [6.45, 7) is 0.750. The maximum Gasteiger partial charge on any atom is 0.252 e. The van der Waals surface area contributed by atoms with E-state index in [2.05, 4.69) is 26.1 Å². The summed E-state index contributed by atoms with van der Waals surface area (Å²) in [5, 5.41) is 3.11. The van der Waals surface area contributed by atoms with E-state index in [1.54, 1.807) is 0 Å². The minimum Gasteiger partial charge on any atom is -0.344 e. The zero-order valence-electron chi connectivity index (χ0n) is 12.2. The first-order chi connectivity index (χ1) is 10.1. The van der Waals surface area contributed by atoms with Crippen molar-refractivity contribution in [3.63, 3.8) is 0 Å². The molecule has 1 amide bonds. The Morgan fingerprint density at radius 2 is 1.71 bits per heavy atom. The van der Waals surface area contributed by atoms with Crippen molar-refractivity contribution in [3.05, 3.63) is 70.2 Å². The van der Waals surface area contributed by atoms with Gasteiger partial charge in [0.25, 0.3) is 5.91 Å². The Hall–Kier alpha value is -1.65. The van der Waals surface area contributed by atoms with Gasteiger partial charge in [0.1, 0.15) is 0 Å². The second kappa shape index (κ2) is 7.38. The average molecular weight is 347 g/mol. The summed E-state index contributed by atoms with van der Waals surface area (Å²) >= 11 is 3.42. The first-order valence-corrected chi connectivity index (χ1v) is 7.62. The number of carbonyl (C=O) groups excluding carboxylic acids is 1. The maximum atomic E-state index is 12.5. The van der Waals surface area contributed by atoms with Crippen LogP contribution in [0.1, 0.15) is 22.0 Å². The molecule has 0 aliphatic carbocycles. The molecular formula is C17H19BrN2O. The molecule has 2 aromatic rings. The molecule has 0 aliphatic heterocycles. The molecule has 2 aromatic carbocycles. The number of amides is 1. The van der Waals surface area contributed by atoms with Gasteiger partial charge >= 0.3 is 0 Å². The summed E-state index contributed by atoms with van der Waals surface area (Å²) in [7, 11) is 4.00. The standard InChI is InChI=1S/C17H19BrN2O/c1-20(2)12-16(13-8-4-3-5-9-13)19-17(21)14-10-6-7-11-15(14)18/h3-11,16H,12H2,1-2H3,(H,19,21). The van der Waals surface area contributed by atoms with Crippen molar-refractivity contribution in [2.45, 2.75) is 6.04 Å². The third-order valence-corrected chi connectivity index (χ3v) is 3.86. The highest BCUT2D eigenvalue weighted by Gasteiger charge is 2.17. The molecule has 0 aromatic heterocycles. The lowest BCUT2D eigenvalue weighted by molar-refractivity contribution is 0.0929. The van der Waals surface area contributed by atoms with Crippen molar-refractivity contribution in [1.82, 2.24) is 10.2 Å². The monoisotopic (exact) mass is 346 g/mol. The Morgan fingerprint density at radius 1 is 1.10 bits per heavy atom. The highest BCUT2D eigenvalue weighted by atomic mass is 79.9. The summed E-state index contributed by atoms with van der Waals surface area (Å²) in [6, 6.07) is 17.4. The van der Waals surface area contributed by atoms with Gasteiger partial charge in [0.2, 0.25) is 0 Å². The Balaban J connectivity index is 2.19. The summed E-state index contributed by atoms with van der Waals surface area (Å²) in [5.74, 6) is -0.0711. The minimum atomic E-state index is -0.0711. The van der Waals surface area contributed by atoms with E-state index in [-0.39, 0.29) is 11.9 Å². The second-order valence-electron chi connectivity index (χ2n) is 5.18. The first-order valence-electron chi connectivity index (χ1n) is 6.83. The fourth-order valence-corrected chi connectivity index (χ4v) is 2.63. The van der Waals surface area contributed by atoms with E-state index in [0.717, 1.165) is 16.6 Å². The number of rotatable bonds is 5. The van der Waals surface area contributed by atoms with Crippen LogP contribution >= 0.6 is 15.9 Å². The average Bonchev–Trinajstić information content (AvgIpc) is 2.47. The van der Waals surface area contributed by atoms with Gasteiger partial charge in [-0.3, -0.25) is 4.79 Å². The van der Waals surface area contributed by atoms with Gasteiger partial charge in [-0.05, 0) is 47.7 Å². The molecule has 0 saturated heterocycles. The van der Waals surface area contributed by atoms with Crippen molar-refractivity contribution in [2.24, 2.45) is 0 Å². The van der Waals surface area contributed by atoms with E-state index in [1.165, 1.54) is 0 Å². The van der Waals surface area contributed by atoms with Gasteiger partial charge in [-0.15, -0.1) is 0 Å². The molecule has 0 spiro atoms. The Morgan fingerprint density at radius 3 is 2.33 bits per heavy atom. The van der Waals surface area contributed by atoms with Crippen molar-refractivity contribution in [3.8, 4) is 0 Å². The van der Waals surface area contributed by atoms with Gasteiger partial charge in [0.05, 0.1) is 11.6 Å². The van der Waals surface area contributed by atoms with Crippen molar-refractivity contribution >= 4 is 21.8 Å². The van der Waals surface area contributed by atoms with E-state index in [9.17, 15) is 4.79 Å². The summed E-state index contributed by atoms with van der Waals surface area (Å²) in [4.78, 5) is 14.5. The molecule has 1 unspecified atom stereocenters. The van der Waals surface area contributed by atoms with Gasteiger partial charge in [-0.25, -0.2) is 0 Å². The maximum absolute atomic E-state index is 12.5. The number of likely N-dealkylation sites (N-methyl/N-ethyl adjacent to an activating group) is 1. The Labute approximate surface area is 134 Å². The number of carbonyl (C=O) groups is 1. The van der Waals surface area contributed by atoms with Crippen LogP contribution in [0, 0.1) is 0 Å². The van der Waals surface area contributed by atoms with Crippen LogP contribution in [0.5, 0.6) is 0 Å². The third kappa shape index (κ3) is 4.41. The topological polar surface area (TPSA) is 32.3 Å². The van der Waals surface area contributed by atoms with Crippen LogP contribution in [0.25, 0.3) is 0 Å². The molecule has 0 radical (unpaired) electrons. The largest absolute Gasteiger partial charge is 0.344 e. The van der Waals surface area contributed by atoms with E-state index < -0.39 is 0 Å². The van der Waals surface area contributed by atoms with Gasteiger partial charge in [-0.2, -0.15) is 0 Å². The van der Waals surface area contributed by atoms with E-state index >= 15 is 0 Å². The number of hydrogen-bond donors (Lipinski definition) is 1. The normalized spacial score (nSPS) is 12.2. The lowest BCUT2D eigenvalue weighted by atomic mass is 10.1. The number of hydrogen-bond acceptors (Lipinski definition) is 2. The molecule has 1 N–H and O–H groups in total. The molecule has 2 rings (SSSR count). The van der Waals surface area contributed by atoms with Crippen molar-refractivity contribution < 1.29 is 4.79 Å². The van der Waals surface area contributed by atoms with Crippen LogP contribution in [0.15, 0.2) is 59.1 Å². The van der Waals surface area contributed by atoms with Crippen LogP contribution in [0.2, 0.25) is 0 Å². The highest BCUT2D eigenvalue weighted by molar-refractivity contribution is 9.10. The fourth-order valence-electron chi connectivity index (χ4n) is 2.17. The summed E-state index contributed by atoms with van der Waals surface area (Å²) in [6.07, 6.45) is 0. The smallest absolute Gasteiger partial charge is 0.252 e. The van der Waals surface area contributed by atoms with Crippen LogP contribution in [0.4, 0.5) is 0 Å². The molecular weight excluding hydrogens is 328 g/mol. The van der Waals surface area contributed by atoms with Crippen molar-refractivity contribution in [2.75, 3.05) is 20.6 Å². The molecule has 4 heteroatoms. The van der Waals surface area contributed by atoms with Gasteiger partial charge in [0.15, 0.2) is 0 Å². The molecule has 0 heterocycles. The molecule has 110 valence electrons. The van der Waals surface area contributed by atoms with Gasteiger partial charge in [-0.1, -0.05) is 42.5 Å². The molecule has 3 nitrogen and oxygen atoms in total. The molecule has 0 fully saturated rings. The lowest BCUT2D eigenvalue weighted by Crippen LogP contribution is -2.35. The van der Waals surface area contributed by atoms with Gasteiger partial charge < -0.3 is 10.2 Å². The van der Waals surface area contributed by atoms with Crippen LogP contribution < -0.4 is 5.32 Å². The van der Waals surface area contributed by atoms with Crippen molar-refractivity contribution in [1.29, 1.82) is 0 Å². The predicted octanol–water partition coefficient (Wildman–Crippen LogP) is 3.48. The fraction of sp³-hybridized carbons (Fsp3) is 0.235. The van der Waals surface area contributed by atoms with Crippen LogP contribution in [0.3, 0.4) is 0 Å². The zero-order valence-corrected chi connectivity index (χ0v) is 13.8. The van der Waals surface area contributed by atoms with E-state index in [0.29, 0.717) is 5.56 Å². The first kappa shape index (κ1) is 15.7. The summed E-state index contributed by atoms with van der Waals surface area (Å²) in [5.41, 5.74) is 1.75. The Bertz CT molecular complexity index is 599.